The van der Waals surface area contributed by atoms with Crippen molar-refractivity contribution in [2.24, 2.45) is 11.8 Å². The summed E-state index contributed by atoms with van der Waals surface area (Å²) in [7, 11) is 1.98. The highest BCUT2D eigenvalue weighted by molar-refractivity contribution is 5.86. The van der Waals surface area contributed by atoms with Crippen molar-refractivity contribution in [2.45, 2.75) is 32.0 Å². The number of carboxylic acid groups (broad SMARTS) is 1. The molecule has 0 aliphatic carbocycles. The van der Waals surface area contributed by atoms with Gasteiger partial charge >= 0.3 is 5.97 Å². The summed E-state index contributed by atoms with van der Waals surface area (Å²) in [6, 6.07) is 0. The lowest BCUT2D eigenvalue weighted by atomic mass is 9.79. The number of carbonyl (C=O) groups is 2. The van der Waals surface area contributed by atoms with Gasteiger partial charge in [0.1, 0.15) is 0 Å². The van der Waals surface area contributed by atoms with Crippen molar-refractivity contribution in [1.82, 2.24) is 10.2 Å². The first-order valence-corrected chi connectivity index (χ1v) is 6.89. The molecule has 6 heteroatoms. The Morgan fingerprint density at radius 3 is 2.53 bits per heavy atom. The Morgan fingerprint density at radius 1 is 1.32 bits per heavy atom. The molecule has 0 aromatic rings. The fourth-order valence-corrected chi connectivity index (χ4v) is 2.97. The summed E-state index contributed by atoms with van der Waals surface area (Å²) in [4.78, 5) is 25.5. The van der Waals surface area contributed by atoms with Gasteiger partial charge in [0.2, 0.25) is 5.91 Å². The lowest BCUT2D eigenvalue weighted by Gasteiger charge is -2.24. The molecular formula is C13H22N2O4. The minimum absolute atomic E-state index is 0.177. The van der Waals surface area contributed by atoms with Crippen LogP contribution >= 0.6 is 0 Å². The van der Waals surface area contributed by atoms with Crippen LogP contribution in [0.2, 0.25) is 0 Å². The molecule has 0 spiro atoms. The van der Waals surface area contributed by atoms with Gasteiger partial charge in [0.25, 0.3) is 0 Å². The molecule has 2 unspecified atom stereocenters. The predicted octanol–water partition coefficient (Wildman–Crippen LogP) is -0.0675. The summed E-state index contributed by atoms with van der Waals surface area (Å²) < 4.78 is 5.58. The zero-order chi connectivity index (χ0) is 14.0. The van der Waals surface area contributed by atoms with E-state index in [4.69, 9.17) is 4.74 Å². The van der Waals surface area contributed by atoms with E-state index in [-0.39, 0.29) is 18.1 Å². The Morgan fingerprint density at radius 2 is 1.95 bits per heavy atom. The maximum atomic E-state index is 12.1. The number of nitrogens with zero attached hydrogens (tertiary/aromatic N) is 1. The van der Waals surface area contributed by atoms with E-state index in [2.05, 4.69) is 10.2 Å². The number of rotatable bonds is 6. The van der Waals surface area contributed by atoms with Gasteiger partial charge in [0.15, 0.2) is 0 Å². The van der Waals surface area contributed by atoms with Crippen molar-refractivity contribution >= 4 is 11.9 Å². The highest BCUT2D eigenvalue weighted by Crippen LogP contribution is 2.43. The van der Waals surface area contributed by atoms with Gasteiger partial charge in [-0.25, -0.2) is 0 Å². The molecule has 4 atom stereocenters. The zero-order valence-corrected chi connectivity index (χ0v) is 11.5. The smallest absolute Gasteiger partial charge is 0.310 e. The van der Waals surface area contributed by atoms with Gasteiger partial charge in [-0.2, -0.15) is 0 Å². The SMILES string of the molecule is CCN(C)CCNC(=O)C1C(C(=O)O)[C@H]2CC[C@@H]1O2. The molecule has 2 aliphatic rings. The summed E-state index contributed by atoms with van der Waals surface area (Å²) in [5.41, 5.74) is 0. The Labute approximate surface area is 113 Å². The summed E-state index contributed by atoms with van der Waals surface area (Å²) in [6.07, 6.45) is 1.05. The van der Waals surface area contributed by atoms with E-state index in [0.29, 0.717) is 6.54 Å². The van der Waals surface area contributed by atoms with Gasteiger partial charge in [-0.05, 0) is 26.4 Å². The lowest BCUT2D eigenvalue weighted by molar-refractivity contribution is -0.147. The maximum Gasteiger partial charge on any atom is 0.310 e. The van der Waals surface area contributed by atoms with Crippen LogP contribution in [-0.2, 0) is 14.3 Å². The Bertz CT molecular complexity index is 361. The molecule has 2 heterocycles. The molecule has 0 saturated carbocycles. The molecule has 0 aromatic heterocycles. The number of aliphatic carboxylic acids is 1. The number of likely N-dealkylation sites (N-methyl/N-ethyl adjacent to an activating group) is 1. The zero-order valence-electron chi connectivity index (χ0n) is 11.5. The highest BCUT2D eigenvalue weighted by Gasteiger charge is 2.55. The molecule has 2 bridgehead atoms. The van der Waals surface area contributed by atoms with Gasteiger partial charge in [-0.15, -0.1) is 0 Å². The average Bonchev–Trinajstić information content (AvgIpc) is 2.98. The normalized spacial score (nSPS) is 32.8. The molecule has 1 amide bonds. The van der Waals surface area contributed by atoms with E-state index < -0.39 is 17.8 Å². The predicted molar refractivity (Wildman–Crippen MR) is 68.7 cm³/mol. The number of carboxylic acids is 1. The summed E-state index contributed by atoms with van der Waals surface area (Å²) in [5.74, 6) is -2.30. The quantitative estimate of drug-likeness (QED) is 0.706. The highest BCUT2D eigenvalue weighted by atomic mass is 16.5. The molecule has 2 fully saturated rings. The fourth-order valence-electron chi connectivity index (χ4n) is 2.97. The van der Waals surface area contributed by atoms with E-state index in [1.165, 1.54) is 0 Å². The van der Waals surface area contributed by atoms with Crippen molar-refractivity contribution in [3.8, 4) is 0 Å². The largest absolute Gasteiger partial charge is 0.481 e. The summed E-state index contributed by atoms with van der Waals surface area (Å²) in [6.45, 7) is 4.28. The topological polar surface area (TPSA) is 78.9 Å². The van der Waals surface area contributed by atoms with Crippen molar-refractivity contribution < 1.29 is 19.4 Å². The molecule has 6 nitrogen and oxygen atoms in total. The third-order valence-corrected chi connectivity index (χ3v) is 4.19. The first-order valence-electron chi connectivity index (χ1n) is 6.89. The molecule has 2 rings (SSSR count). The van der Waals surface area contributed by atoms with E-state index in [1.807, 2.05) is 14.0 Å². The molecule has 2 aliphatic heterocycles. The standard InChI is InChI=1S/C13H22N2O4/c1-3-15(2)7-6-14-12(16)10-8-4-5-9(19-8)11(10)13(17)18/h8-11H,3-7H2,1-2H3,(H,14,16)(H,17,18)/t8-,9+,10?,11?/m0/s1. The monoisotopic (exact) mass is 270 g/mol. The van der Waals surface area contributed by atoms with Crippen molar-refractivity contribution in [1.29, 1.82) is 0 Å². The lowest BCUT2D eigenvalue weighted by Crippen LogP contribution is -2.45. The van der Waals surface area contributed by atoms with Crippen LogP contribution in [0.5, 0.6) is 0 Å². The number of hydrogen-bond donors (Lipinski definition) is 2. The maximum absolute atomic E-state index is 12.1. The van der Waals surface area contributed by atoms with Gasteiger partial charge < -0.3 is 20.1 Å². The number of nitrogens with one attached hydrogen (secondary N) is 1. The van der Waals surface area contributed by atoms with Crippen LogP contribution in [0.25, 0.3) is 0 Å². The van der Waals surface area contributed by atoms with Crippen LogP contribution in [0, 0.1) is 11.8 Å². The molecule has 2 saturated heterocycles. The second-order valence-corrected chi connectivity index (χ2v) is 5.37. The van der Waals surface area contributed by atoms with Crippen LogP contribution in [0.1, 0.15) is 19.8 Å². The van der Waals surface area contributed by atoms with Crippen molar-refractivity contribution in [2.75, 3.05) is 26.7 Å². The van der Waals surface area contributed by atoms with Crippen molar-refractivity contribution in [3.05, 3.63) is 0 Å². The second-order valence-electron chi connectivity index (χ2n) is 5.37. The van der Waals surface area contributed by atoms with Gasteiger partial charge in [0, 0.05) is 13.1 Å². The number of amides is 1. The minimum atomic E-state index is -0.918. The van der Waals surface area contributed by atoms with Crippen molar-refractivity contribution in [3.63, 3.8) is 0 Å². The Hall–Kier alpha value is -1.14. The number of fused-ring (bicyclic) bond motifs is 2. The van der Waals surface area contributed by atoms with Crippen LogP contribution in [0.15, 0.2) is 0 Å². The molecule has 2 N–H and O–H groups in total. The summed E-state index contributed by atoms with van der Waals surface area (Å²) in [5, 5.41) is 12.1. The van der Waals surface area contributed by atoms with Gasteiger partial charge in [0.05, 0.1) is 24.0 Å². The summed E-state index contributed by atoms with van der Waals surface area (Å²) >= 11 is 0. The molecule has 19 heavy (non-hydrogen) atoms. The van der Waals surface area contributed by atoms with Gasteiger partial charge in [-0.1, -0.05) is 6.92 Å². The number of ether oxygens (including phenoxy) is 1. The molecule has 0 radical (unpaired) electrons. The average molecular weight is 270 g/mol. The van der Waals surface area contributed by atoms with E-state index >= 15 is 0 Å². The first-order chi connectivity index (χ1) is 9.04. The molecular weight excluding hydrogens is 248 g/mol. The van der Waals surface area contributed by atoms with Gasteiger partial charge in [-0.3, -0.25) is 9.59 Å². The Kier molecular flexibility index (Phi) is 4.42. The first kappa shape index (κ1) is 14.3. The number of hydrogen-bond acceptors (Lipinski definition) is 4. The third-order valence-electron chi connectivity index (χ3n) is 4.19. The molecule has 0 aromatic carbocycles. The van der Waals surface area contributed by atoms with E-state index in [0.717, 1.165) is 25.9 Å². The van der Waals surface area contributed by atoms with E-state index in [1.54, 1.807) is 0 Å². The number of carbonyl (C=O) groups excluding carboxylic acids is 1. The van der Waals surface area contributed by atoms with E-state index in [9.17, 15) is 14.7 Å². The second kappa shape index (κ2) is 5.88. The van der Waals surface area contributed by atoms with Crippen LogP contribution < -0.4 is 5.32 Å². The van der Waals surface area contributed by atoms with Crippen LogP contribution in [0.3, 0.4) is 0 Å². The fraction of sp³-hybridized carbons (Fsp3) is 0.846. The third kappa shape index (κ3) is 2.90. The minimum Gasteiger partial charge on any atom is -0.481 e. The van der Waals surface area contributed by atoms with Crippen LogP contribution in [-0.4, -0.2) is 60.8 Å². The molecule has 108 valence electrons. The van der Waals surface area contributed by atoms with Crippen LogP contribution in [0.4, 0.5) is 0 Å². The Balaban J connectivity index is 1.89.